The fourth-order valence-corrected chi connectivity index (χ4v) is 12.2. The topological polar surface area (TPSA) is 211 Å². The zero-order valence-electron chi connectivity index (χ0n) is 42.3. The summed E-state index contributed by atoms with van der Waals surface area (Å²) >= 11 is 1.57. The average molecular weight is 1020 g/mol. The number of aromatic nitrogens is 6. The van der Waals surface area contributed by atoms with Crippen LogP contribution in [-0.4, -0.2) is 115 Å². The molecule has 4 aliphatic heterocycles. The molecule has 4 aromatic heterocycles. The number of methoxy groups -OCH3 is 2. The summed E-state index contributed by atoms with van der Waals surface area (Å²) in [6.07, 6.45) is 9.21. The van der Waals surface area contributed by atoms with E-state index in [9.17, 15) is 19.2 Å². The van der Waals surface area contributed by atoms with E-state index in [0.29, 0.717) is 85.3 Å². The number of aryl methyl sites for hydroxylation is 1. The number of benzene rings is 2. The zero-order chi connectivity index (χ0) is 51.3. The second-order valence-corrected chi connectivity index (χ2v) is 21.6. The molecule has 3 fully saturated rings. The van der Waals surface area contributed by atoms with E-state index >= 15 is 4.39 Å². The van der Waals surface area contributed by atoms with E-state index in [2.05, 4.69) is 33.6 Å². The van der Waals surface area contributed by atoms with Crippen molar-refractivity contribution >= 4 is 46.2 Å². The maximum Gasteiger partial charge on any atom is 0.407 e. The van der Waals surface area contributed by atoms with Crippen LogP contribution in [0.1, 0.15) is 119 Å². The van der Waals surface area contributed by atoms with Crippen molar-refractivity contribution in [1.29, 1.82) is 0 Å². The van der Waals surface area contributed by atoms with Crippen LogP contribution in [-0.2, 0) is 30.2 Å². The molecular weight excluding hydrogens is 956 g/mol. The fourth-order valence-electron chi connectivity index (χ4n) is 11.2. The van der Waals surface area contributed by atoms with Gasteiger partial charge in [-0.3, -0.25) is 14.2 Å². The van der Waals surface area contributed by atoms with E-state index in [-0.39, 0.29) is 35.7 Å². The van der Waals surface area contributed by atoms with Gasteiger partial charge in [-0.15, -0.1) is 11.3 Å². The number of ether oxygens (including phenoxy) is 4. The summed E-state index contributed by atoms with van der Waals surface area (Å²) in [7, 11) is 2.57. The minimum Gasteiger partial charge on any atom is -0.464 e. The van der Waals surface area contributed by atoms with Gasteiger partial charge in [0, 0.05) is 42.4 Å². The van der Waals surface area contributed by atoms with Gasteiger partial charge in [0.05, 0.1) is 82.3 Å². The highest BCUT2D eigenvalue weighted by Crippen LogP contribution is 2.48. The normalized spacial score (nSPS) is 21.1. The largest absolute Gasteiger partial charge is 0.464 e. The maximum atomic E-state index is 17.0. The van der Waals surface area contributed by atoms with E-state index in [1.54, 1.807) is 28.6 Å². The first-order valence-electron chi connectivity index (χ1n) is 25.3. The van der Waals surface area contributed by atoms with Crippen LogP contribution in [0, 0.1) is 17.7 Å². The summed E-state index contributed by atoms with van der Waals surface area (Å²) in [6.45, 7) is 11.4. The van der Waals surface area contributed by atoms with Crippen LogP contribution in [0.15, 0.2) is 55.0 Å². The van der Waals surface area contributed by atoms with Gasteiger partial charge in [-0.25, -0.2) is 28.9 Å². The number of H-pyrrole nitrogens is 2. The minimum absolute atomic E-state index is 0.133. The van der Waals surface area contributed by atoms with E-state index in [0.717, 1.165) is 57.7 Å². The van der Waals surface area contributed by atoms with Gasteiger partial charge in [-0.2, -0.15) is 0 Å². The van der Waals surface area contributed by atoms with Crippen molar-refractivity contribution in [2.24, 2.45) is 11.8 Å². The molecule has 4 aliphatic rings. The van der Waals surface area contributed by atoms with Gasteiger partial charge in [-0.1, -0.05) is 26.8 Å². The molecule has 8 heterocycles. The van der Waals surface area contributed by atoms with Gasteiger partial charge in [-0.05, 0) is 107 Å². The Hall–Kier alpha value is -6.80. The van der Waals surface area contributed by atoms with Crippen molar-refractivity contribution in [2.45, 2.75) is 122 Å². The van der Waals surface area contributed by atoms with Crippen molar-refractivity contribution < 1.29 is 42.5 Å². The Labute approximate surface area is 426 Å². The predicted molar refractivity (Wildman–Crippen MR) is 271 cm³/mol. The first kappa shape index (κ1) is 49.8. The summed E-state index contributed by atoms with van der Waals surface area (Å²) < 4.78 is 41.6. The molecule has 4 N–H and O–H groups in total. The van der Waals surface area contributed by atoms with Crippen molar-refractivity contribution in [2.75, 3.05) is 33.9 Å². The van der Waals surface area contributed by atoms with Crippen molar-refractivity contribution in [1.82, 2.24) is 49.9 Å². The molecule has 386 valence electrons. The third-order valence-electron chi connectivity index (χ3n) is 14.7. The molecule has 0 aliphatic carbocycles. The second kappa shape index (κ2) is 20.2. The molecule has 0 spiro atoms. The lowest BCUT2D eigenvalue weighted by atomic mass is 9.82. The number of nitrogens with zero attached hydrogens (tertiary/aromatic N) is 6. The first-order chi connectivity index (χ1) is 35.1. The number of alkyl carbamates (subject to hydrolysis) is 2. The number of hydrogen-bond acceptors (Lipinski definition) is 12. The SMILES string of the molecule is CCCc1ncc(C2Oc3cc(-c4cnc([C@@H]5CCCN5C(=O)C(NC(=O)OC)C(C)C)[nH]4)cc(F)c3-c3cc4cc(-c5cnc([C@@H]6CCCN6C(=O)C(NC(=O)OC)C6CCOC(C)(C)C6)[nH]5)ccc4n32)s1. The number of thiazole rings is 1. The number of nitrogens with one attached hydrogen (secondary N) is 4. The molecule has 20 heteroatoms. The molecule has 3 saturated heterocycles. The summed E-state index contributed by atoms with van der Waals surface area (Å²) in [5, 5.41) is 7.39. The van der Waals surface area contributed by atoms with E-state index < -0.39 is 41.9 Å². The molecule has 6 aromatic rings. The Morgan fingerprint density at radius 3 is 2.19 bits per heavy atom. The molecule has 0 radical (unpaired) electrons. The van der Waals surface area contributed by atoms with Crippen LogP contribution in [0.25, 0.3) is 44.7 Å². The fraction of sp³-hybridized carbons (Fsp3) is 0.491. The van der Waals surface area contributed by atoms with E-state index in [4.69, 9.17) is 33.9 Å². The standard InChI is InChI=1S/C53H63FN10O8S/c1-8-11-42-55-27-41(73-42)50-64-36-15-14-29(34-25-56-46(58-34)38-13-10-18-63(38)49(66)45(61-52(68)70-7)30-16-19-71-53(4,5)24-30)20-32(36)22-39(64)43-33(54)21-31(23-40(43)72-50)35-26-57-47(59-35)37-12-9-17-62(37)48(65)44(28(2)3)60-51(67)69-6/h14-15,20-23,25-28,30,37-38,44-45,50H,8-13,16-19,24H2,1-7H3,(H,56,58)(H,57,59)(H,60,67)(H,61,68)/t30?,37-,38-,44?,45?,50?/m0/s1. The second-order valence-electron chi connectivity index (χ2n) is 20.5. The molecule has 2 aromatic carbocycles. The van der Waals surface area contributed by atoms with Crippen molar-refractivity contribution in [3.8, 4) is 39.5 Å². The van der Waals surface area contributed by atoms with Gasteiger partial charge in [0.2, 0.25) is 18.0 Å². The number of carbonyl (C=O) groups excluding carboxylic acids is 4. The predicted octanol–water partition coefficient (Wildman–Crippen LogP) is 9.21. The van der Waals surface area contributed by atoms with Crippen LogP contribution in [0.4, 0.5) is 14.0 Å². The van der Waals surface area contributed by atoms with Crippen molar-refractivity contribution in [3.05, 3.63) is 82.3 Å². The Kier molecular flexibility index (Phi) is 13.8. The van der Waals surface area contributed by atoms with Crippen LogP contribution in [0.5, 0.6) is 5.75 Å². The number of amides is 4. The smallest absolute Gasteiger partial charge is 0.407 e. The highest BCUT2D eigenvalue weighted by Gasteiger charge is 2.43. The number of fused-ring (bicyclic) bond motifs is 5. The zero-order valence-corrected chi connectivity index (χ0v) is 43.1. The van der Waals surface area contributed by atoms with Crippen LogP contribution >= 0.6 is 11.3 Å². The summed E-state index contributed by atoms with van der Waals surface area (Å²) in [6, 6.07) is 9.12. The van der Waals surface area contributed by atoms with Gasteiger partial charge in [0.1, 0.15) is 35.3 Å². The highest BCUT2D eigenvalue weighted by atomic mass is 32.1. The summed E-state index contributed by atoms with van der Waals surface area (Å²) in [5.74, 6) is 0.402. The van der Waals surface area contributed by atoms with Crippen LogP contribution < -0.4 is 15.4 Å². The van der Waals surface area contributed by atoms with E-state index in [1.807, 2.05) is 67.6 Å². The van der Waals surface area contributed by atoms with Gasteiger partial charge >= 0.3 is 12.2 Å². The third kappa shape index (κ3) is 9.66. The number of hydrogen-bond donors (Lipinski definition) is 4. The first-order valence-corrected chi connectivity index (χ1v) is 26.1. The molecular formula is C53H63FN10O8S. The number of aromatic amines is 2. The average Bonchev–Trinajstić information content (AvgIpc) is 4.24. The lowest BCUT2D eigenvalue weighted by molar-refractivity contribution is -0.139. The lowest BCUT2D eigenvalue weighted by Gasteiger charge is -2.40. The summed E-state index contributed by atoms with van der Waals surface area (Å²) in [5.41, 5.74) is 4.07. The van der Waals surface area contributed by atoms with Crippen molar-refractivity contribution in [3.63, 3.8) is 0 Å². The van der Waals surface area contributed by atoms with Crippen LogP contribution in [0.2, 0.25) is 0 Å². The Morgan fingerprint density at radius 2 is 1.53 bits per heavy atom. The monoisotopic (exact) mass is 1020 g/mol. The maximum absolute atomic E-state index is 17.0. The number of likely N-dealkylation sites (tertiary alicyclic amines) is 2. The number of rotatable bonds is 13. The highest BCUT2D eigenvalue weighted by molar-refractivity contribution is 7.11. The summed E-state index contributed by atoms with van der Waals surface area (Å²) in [4.78, 5) is 78.6. The Bertz CT molecular complexity index is 3050. The third-order valence-corrected chi connectivity index (χ3v) is 15.8. The van der Waals surface area contributed by atoms with Crippen LogP contribution in [0.3, 0.4) is 0 Å². The minimum atomic E-state index is -0.778. The molecule has 18 nitrogen and oxygen atoms in total. The molecule has 10 rings (SSSR count). The molecule has 4 unspecified atom stereocenters. The number of halogens is 1. The number of imidazole rings is 2. The van der Waals surface area contributed by atoms with Gasteiger partial charge in [0.15, 0.2) is 0 Å². The quantitative estimate of drug-likeness (QED) is 0.0857. The Balaban J connectivity index is 0.950. The molecule has 4 amide bonds. The Morgan fingerprint density at radius 1 is 0.863 bits per heavy atom. The lowest BCUT2D eigenvalue weighted by Crippen LogP contribution is -2.54. The molecule has 0 bridgehead atoms. The molecule has 73 heavy (non-hydrogen) atoms. The molecule has 6 atom stereocenters. The molecule has 0 saturated carbocycles. The van der Waals surface area contributed by atoms with Gasteiger partial charge < -0.3 is 49.3 Å². The number of carbonyl (C=O) groups is 4. The van der Waals surface area contributed by atoms with E-state index in [1.165, 1.54) is 20.3 Å². The van der Waals surface area contributed by atoms with Gasteiger partial charge in [0.25, 0.3) is 0 Å².